The number of hydrogen-bond donors (Lipinski definition) is 2. The van der Waals surface area contributed by atoms with Gasteiger partial charge >= 0.3 is 0 Å². The first kappa shape index (κ1) is 12.1. The third-order valence-electron chi connectivity index (χ3n) is 2.05. The van der Waals surface area contributed by atoms with E-state index in [1.165, 1.54) is 0 Å². The summed E-state index contributed by atoms with van der Waals surface area (Å²) in [6.45, 7) is 0.667. The third-order valence-corrected chi connectivity index (χ3v) is 2.66. The molecule has 1 amide bonds. The highest BCUT2D eigenvalue weighted by atomic mass is 32.2. The Morgan fingerprint density at radius 2 is 2.13 bits per heavy atom. The average molecular weight is 224 g/mol. The summed E-state index contributed by atoms with van der Waals surface area (Å²) in [6, 6.07) is 8.82. The molecule has 0 radical (unpaired) electrons. The van der Waals surface area contributed by atoms with Crippen LogP contribution in [0.1, 0.15) is 11.6 Å². The molecule has 0 aliphatic carbocycles. The third kappa shape index (κ3) is 3.93. The maximum atomic E-state index is 11.6. The molecule has 0 bridgehead atoms. The van der Waals surface area contributed by atoms with Crippen LogP contribution in [-0.2, 0) is 4.79 Å². The highest BCUT2D eigenvalue weighted by Gasteiger charge is 2.13. The standard InChI is InChI=1S/C11H16N2OS/c1-15-8-7-13-11(14)10(12)9-5-3-2-4-6-9/h2-6,10H,7-8,12H2,1H3,(H,13,14). The maximum Gasteiger partial charge on any atom is 0.241 e. The molecule has 1 rings (SSSR count). The molecule has 3 N–H and O–H groups in total. The van der Waals surface area contributed by atoms with E-state index >= 15 is 0 Å². The molecule has 0 aromatic heterocycles. The van der Waals surface area contributed by atoms with E-state index in [1.807, 2.05) is 36.6 Å². The number of nitrogens with two attached hydrogens (primary N) is 1. The molecule has 0 fully saturated rings. The molecular weight excluding hydrogens is 208 g/mol. The van der Waals surface area contributed by atoms with Crippen molar-refractivity contribution in [2.24, 2.45) is 5.73 Å². The molecule has 3 nitrogen and oxygen atoms in total. The Morgan fingerprint density at radius 1 is 1.47 bits per heavy atom. The largest absolute Gasteiger partial charge is 0.354 e. The Morgan fingerprint density at radius 3 is 2.73 bits per heavy atom. The van der Waals surface area contributed by atoms with Crippen molar-refractivity contribution >= 4 is 17.7 Å². The first-order chi connectivity index (χ1) is 7.25. The lowest BCUT2D eigenvalue weighted by Gasteiger charge is -2.11. The Bertz CT molecular complexity index is 303. The number of rotatable bonds is 5. The van der Waals surface area contributed by atoms with Gasteiger partial charge in [0.05, 0.1) is 0 Å². The predicted molar refractivity (Wildman–Crippen MR) is 64.8 cm³/mol. The van der Waals surface area contributed by atoms with Crippen molar-refractivity contribution in [3.8, 4) is 0 Å². The van der Waals surface area contributed by atoms with Gasteiger partial charge in [-0.3, -0.25) is 4.79 Å². The molecule has 0 saturated carbocycles. The van der Waals surface area contributed by atoms with Gasteiger partial charge in [-0.25, -0.2) is 0 Å². The normalized spacial score (nSPS) is 12.1. The van der Waals surface area contributed by atoms with Crippen LogP contribution in [0.25, 0.3) is 0 Å². The molecule has 0 aliphatic heterocycles. The van der Waals surface area contributed by atoms with E-state index in [0.29, 0.717) is 6.54 Å². The van der Waals surface area contributed by atoms with Gasteiger partial charge in [0.2, 0.25) is 5.91 Å². The van der Waals surface area contributed by atoms with E-state index in [9.17, 15) is 4.79 Å². The molecule has 0 heterocycles. The van der Waals surface area contributed by atoms with Crippen molar-refractivity contribution < 1.29 is 4.79 Å². The first-order valence-corrected chi connectivity index (χ1v) is 6.22. The molecule has 0 saturated heterocycles. The molecule has 1 unspecified atom stereocenters. The zero-order valence-electron chi connectivity index (χ0n) is 8.77. The van der Waals surface area contributed by atoms with Crippen molar-refractivity contribution in [1.82, 2.24) is 5.32 Å². The van der Waals surface area contributed by atoms with E-state index in [0.717, 1.165) is 11.3 Å². The fraction of sp³-hybridized carbons (Fsp3) is 0.364. The summed E-state index contributed by atoms with van der Waals surface area (Å²) in [5.41, 5.74) is 6.65. The van der Waals surface area contributed by atoms with E-state index < -0.39 is 6.04 Å². The van der Waals surface area contributed by atoms with E-state index in [2.05, 4.69) is 5.32 Å². The Hall–Kier alpha value is -1.00. The number of nitrogens with one attached hydrogen (secondary N) is 1. The molecule has 15 heavy (non-hydrogen) atoms. The summed E-state index contributed by atoms with van der Waals surface area (Å²) >= 11 is 1.70. The number of carbonyl (C=O) groups excluding carboxylic acids is 1. The van der Waals surface area contributed by atoms with Crippen molar-refractivity contribution in [2.75, 3.05) is 18.6 Å². The van der Waals surface area contributed by atoms with Crippen molar-refractivity contribution in [3.63, 3.8) is 0 Å². The molecule has 1 atom stereocenters. The first-order valence-electron chi connectivity index (χ1n) is 4.83. The van der Waals surface area contributed by atoms with Crippen LogP contribution < -0.4 is 11.1 Å². The van der Waals surface area contributed by atoms with Gasteiger partial charge in [0.25, 0.3) is 0 Å². The Kier molecular flexibility index (Phi) is 5.21. The van der Waals surface area contributed by atoms with Gasteiger partial charge in [-0.15, -0.1) is 0 Å². The molecule has 82 valence electrons. The Balaban J connectivity index is 2.46. The predicted octanol–water partition coefficient (Wildman–Crippen LogP) is 1.17. The topological polar surface area (TPSA) is 55.1 Å². The zero-order valence-corrected chi connectivity index (χ0v) is 9.59. The van der Waals surface area contributed by atoms with Crippen molar-refractivity contribution in [1.29, 1.82) is 0 Å². The van der Waals surface area contributed by atoms with Crippen LogP contribution >= 0.6 is 11.8 Å². The molecule has 1 aromatic carbocycles. The van der Waals surface area contributed by atoms with E-state index in [4.69, 9.17) is 5.73 Å². The van der Waals surface area contributed by atoms with Gasteiger partial charge < -0.3 is 11.1 Å². The molecule has 1 aromatic rings. The van der Waals surface area contributed by atoms with Gasteiger partial charge in [-0.2, -0.15) is 11.8 Å². The van der Waals surface area contributed by atoms with Crippen LogP contribution in [0.5, 0.6) is 0 Å². The lowest BCUT2D eigenvalue weighted by atomic mass is 10.1. The minimum atomic E-state index is -0.562. The van der Waals surface area contributed by atoms with Crippen molar-refractivity contribution in [2.45, 2.75) is 6.04 Å². The minimum Gasteiger partial charge on any atom is -0.354 e. The van der Waals surface area contributed by atoms with Gasteiger partial charge in [0.1, 0.15) is 6.04 Å². The monoisotopic (exact) mass is 224 g/mol. The summed E-state index contributed by atoms with van der Waals surface area (Å²) < 4.78 is 0. The summed E-state index contributed by atoms with van der Waals surface area (Å²) in [7, 11) is 0. The minimum absolute atomic E-state index is 0.116. The molecule has 0 aliphatic rings. The fourth-order valence-electron chi connectivity index (χ4n) is 1.20. The van der Waals surface area contributed by atoms with E-state index in [-0.39, 0.29) is 5.91 Å². The highest BCUT2D eigenvalue weighted by Crippen LogP contribution is 2.08. The second kappa shape index (κ2) is 6.48. The smallest absolute Gasteiger partial charge is 0.241 e. The number of thioether (sulfide) groups is 1. The van der Waals surface area contributed by atoms with Gasteiger partial charge in [0.15, 0.2) is 0 Å². The van der Waals surface area contributed by atoms with Crippen LogP contribution in [-0.4, -0.2) is 24.5 Å². The second-order valence-corrected chi connectivity index (χ2v) is 4.16. The van der Waals surface area contributed by atoms with E-state index in [1.54, 1.807) is 11.8 Å². The average Bonchev–Trinajstić information content (AvgIpc) is 2.29. The van der Waals surface area contributed by atoms with Crippen LogP contribution in [0.2, 0.25) is 0 Å². The van der Waals surface area contributed by atoms with Crippen LogP contribution in [0.15, 0.2) is 30.3 Å². The van der Waals surface area contributed by atoms with Gasteiger partial charge in [-0.1, -0.05) is 30.3 Å². The van der Waals surface area contributed by atoms with Crippen molar-refractivity contribution in [3.05, 3.63) is 35.9 Å². The molecule has 0 spiro atoms. The molecular formula is C11H16N2OS. The molecule has 4 heteroatoms. The Labute approximate surface area is 94.4 Å². The number of hydrogen-bond acceptors (Lipinski definition) is 3. The second-order valence-electron chi connectivity index (χ2n) is 3.17. The van der Waals surface area contributed by atoms with Crippen LogP contribution in [0.4, 0.5) is 0 Å². The number of carbonyl (C=O) groups is 1. The number of amides is 1. The van der Waals surface area contributed by atoms with Crippen LogP contribution in [0.3, 0.4) is 0 Å². The summed E-state index contributed by atoms with van der Waals surface area (Å²) in [4.78, 5) is 11.6. The zero-order chi connectivity index (χ0) is 11.1. The number of benzene rings is 1. The summed E-state index contributed by atoms with van der Waals surface area (Å²) in [6.07, 6.45) is 2.00. The van der Waals surface area contributed by atoms with Gasteiger partial charge in [-0.05, 0) is 11.8 Å². The SMILES string of the molecule is CSCCNC(=O)C(N)c1ccccc1. The lowest BCUT2D eigenvalue weighted by Crippen LogP contribution is -2.35. The van der Waals surface area contributed by atoms with Gasteiger partial charge in [0, 0.05) is 12.3 Å². The van der Waals surface area contributed by atoms with Crippen LogP contribution in [0, 0.1) is 0 Å². The highest BCUT2D eigenvalue weighted by molar-refractivity contribution is 7.98. The quantitative estimate of drug-likeness (QED) is 0.738. The summed E-state index contributed by atoms with van der Waals surface area (Å²) in [5.74, 6) is 0.794. The lowest BCUT2D eigenvalue weighted by molar-refractivity contribution is -0.122. The summed E-state index contributed by atoms with van der Waals surface area (Å²) in [5, 5.41) is 2.80. The maximum absolute atomic E-state index is 11.6. The fourth-order valence-corrected chi connectivity index (χ4v) is 1.50.